The van der Waals surface area contributed by atoms with Crippen LogP contribution in [0.2, 0.25) is 0 Å². The van der Waals surface area contributed by atoms with Gasteiger partial charge in [0.25, 0.3) is 0 Å². The number of aryl methyl sites for hydroxylation is 1. The number of hydrogen-bond donors (Lipinski definition) is 2. The van der Waals surface area contributed by atoms with Crippen molar-refractivity contribution in [2.24, 2.45) is 5.92 Å². The molecule has 0 aromatic heterocycles. The zero-order valence-electron chi connectivity index (χ0n) is 19.2. The molecule has 2 amide bonds. The maximum atomic E-state index is 12.8. The quantitative estimate of drug-likeness (QED) is 0.613. The first kappa shape index (κ1) is 24.7. The third kappa shape index (κ3) is 6.33. The van der Waals surface area contributed by atoms with Crippen LogP contribution in [0.5, 0.6) is 5.75 Å². The zero-order chi connectivity index (χ0) is 24.0. The first-order chi connectivity index (χ1) is 15.7. The largest absolute Gasteiger partial charge is 0.494 e. The van der Waals surface area contributed by atoms with Crippen molar-refractivity contribution in [2.45, 2.75) is 44.6 Å². The first-order valence-corrected chi connectivity index (χ1v) is 12.6. The Kier molecular flexibility index (Phi) is 8.10. The molecule has 1 atom stereocenters. The van der Waals surface area contributed by atoms with E-state index in [0.29, 0.717) is 30.9 Å². The van der Waals surface area contributed by atoms with Gasteiger partial charge in [0.2, 0.25) is 21.8 Å². The number of amides is 2. The highest BCUT2D eigenvalue weighted by Gasteiger charge is 2.32. The number of carbonyl (C=O) groups is 2. The molecule has 1 unspecified atom stereocenters. The Bertz CT molecular complexity index is 1060. The number of rotatable bonds is 8. The Labute approximate surface area is 195 Å². The number of nitrogens with one attached hydrogen (secondary N) is 2. The summed E-state index contributed by atoms with van der Waals surface area (Å²) in [6, 6.07) is 13.0. The van der Waals surface area contributed by atoms with Crippen molar-refractivity contribution in [3.05, 3.63) is 54.1 Å². The fourth-order valence-electron chi connectivity index (χ4n) is 3.67. The van der Waals surface area contributed by atoms with Crippen LogP contribution in [0.1, 0.15) is 32.3 Å². The van der Waals surface area contributed by atoms with Gasteiger partial charge in [0.05, 0.1) is 11.5 Å². The van der Waals surface area contributed by atoms with E-state index in [4.69, 9.17) is 4.74 Å². The van der Waals surface area contributed by atoms with Crippen LogP contribution >= 0.6 is 0 Å². The van der Waals surface area contributed by atoms with Crippen LogP contribution in [-0.4, -0.2) is 50.3 Å². The molecular weight excluding hydrogens is 442 g/mol. The topological polar surface area (TPSA) is 105 Å². The first-order valence-electron chi connectivity index (χ1n) is 11.1. The van der Waals surface area contributed by atoms with E-state index >= 15 is 0 Å². The van der Waals surface area contributed by atoms with E-state index in [1.807, 2.05) is 13.8 Å². The van der Waals surface area contributed by atoms with Crippen molar-refractivity contribution >= 4 is 27.5 Å². The third-order valence-corrected chi connectivity index (χ3v) is 7.58. The van der Waals surface area contributed by atoms with E-state index in [1.54, 1.807) is 55.5 Å². The number of benzene rings is 2. The molecule has 8 nitrogen and oxygen atoms in total. The number of carbonyl (C=O) groups excluding carboxylic acids is 2. The molecule has 3 rings (SSSR count). The van der Waals surface area contributed by atoms with Crippen molar-refractivity contribution < 1.29 is 22.7 Å². The minimum absolute atomic E-state index is 0.239. The number of piperidine rings is 1. The summed E-state index contributed by atoms with van der Waals surface area (Å²) in [6.07, 6.45) is 0.814. The highest BCUT2D eigenvalue weighted by Crippen LogP contribution is 2.24. The van der Waals surface area contributed by atoms with Crippen molar-refractivity contribution in [2.75, 3.05) is 25.0 Å². The van der Waals surface area contributed by atoms with Gasteiger partial charge in [0, 0.05) is 24.7 Å². The summed E-state index contributed by atoms with van der Waals surface area (Å²) in [5.41, 5.74) is 1.60. The molecule has 2 aromatic carbocycles. The molecule has 2 aromatic rings. The summed E-state index contributed by atoms with van der Waals surface area (Å²) in [5, 5.41) is 5.52. The van der Waals surface area contributed by atoms with Gasteiger partial charge in [-0.05, 0) is 70.0 Å². The van der Waals surface area contributed by atoms with E-state index in [0.717, 1.165) is 5.56 Å². The van der Waals surface area contributed by atoms with E-state index in [1.165, 1.54) is 4.31 Å². The number of sulfonamides is 1. The van der Waals surface area contributed by atoms with Gasteiger partial charge in [-0.1, -0.05) is 17.7 Å². The van der Waals surface area contributed by atoms with Gasteiger partial charge < -0.3 is 15.4 Å². The number of ether oxygens (including phenoxy) is 1. The second-order valence-electron chi connectivity index (χ2n) is 8.17. The number of anilines is 1. The minimum Gasteiger partial charge on any atom is -0.494 e. The van der Waals surface area contributed by atoms with Gasteiger partial charge in [0.1, 0.15) is 11.8 Å². The average molecular weight is 474 g/mol. The molecule has 0 spiro atoms. The molecule has 1 fully saturated rings. The molecule has 9 heteroatoms. The van der Waals surface area contributed by atoms with Gasteiger partial charge in [-0.2, -0.15) is 4.31 Å². The number of hydrogen-bond acceptors (Lipinski definition) is 5. The Morgan fingerprint density at radius 2 is 1.67 bits per heavy atom. The summed E-state index contributed by atoms with van der Waals surface area (Å²) in [7, 11) is -3.58. The lowest BCUT2D eigenvalue weighted by Gasteiger charge is -2.31. The van der Waals surface area contributed by atoms with Crippen LogP contribution in [0.25, 0.3) is 0 Å². The maximum absolute atomic E-state index is 12.8. The van der Waals surface area contributed by atoms with Crippen molar-refractivity contribution in [1.82, 2.24) is 9.62 Å². The summed E-state index contributed by atoms with van der Waals surface area (Å²) < 4.78 is 32.5. The second kappa shape index (κ2) is 10.8. The average Bonchev–Trinajstić information content (AvgIpc) is 2.81. The highest BCUT2D eigenvalue weighted by molar-refractivity contribution is 7.89. The van der Waals surface area contributed by atoms with E-state index < -0.39 is 16.1 Å². The molecule has 178 valence electrons. The molecule has 0 bridgehead atoms. The summed E-state index contributed by atoms with van der Waals surface area (Å²) >= 11 is 0. The molecule has 0 saturated carbocycles. The van der Waals surface area contributed by atoms with E-state index in [9.17, 15) is 18.0 Å². The predicted molar refractivity (Wildman–Crippen MR) is 127 cm³/mol. The molecule has 1 aliphatic heterocycles. The van der Waals surface area contributed by atoms with Crippen LogP contribution in [0.15, 0.2) is 53.4 Å². The molecule has 33 heavy (non-hydrogen) atoms. The van der Waals surface area contributed by atoms with Crippen LogP contribution in [0.3, 0.4) is 0 Å². The standard InChI is InChI=1S/C24H31N3O5S/c1-4-32-21-9-7-20(8-10-21)26-23(28)18(3)25-24(29)19-13-15-27(16-14-19)33(30,31)22-11-5-17(2)6-12-22/h5-12,18-19H,4,13-16H2,1-3H3,(H,25,29)(H,26,28). The Balaban J connectivity index is 1.50. The molecular formula is C24H31N3O5S. The fraction of sp³-hybridized carbons (Fsp3) is 0.417. The summed E-state index contributed by atoms with van der Waals surface area (Å²) in [4.78, 5) is 25.4. The lowest BCUT2D eigenvalue weighted by Crippen LogP contribution is -2.47. The monoisotopic (exact) mass is 473 g/mol. The molecule has 1 aliphatic rings. The van der Waals surface area contributed by atoms with Crippen molar-refractivity contribution in [3.63, 3.8) is 0 Å². The van der Waals surface area contributed by atoms with Crippen molar-refractivity contribution in [3.8, 4) is 5.75 Å². The van der Waals surface area contributed by atoms with Crippen LogP contribution in [0.4, 0.5) is 5.69 Å². The summed E-state index contributed by atoms with van der Waals surface area (Å²) in [5.74, 6) is -0.189. The van der Waals surface area contributed by atoms with Crippen LogP contribution in [-0.2, 0) is 19.6 Å². The van der Waals surface area contributed by atoms with Gasteiger partial charge in [-0.15, -0.1) is 0 Å². The smallest absolute Gasteiger partial charge is 0.246 e. The fourth-order valence-corrected chi connectivity index (χ4v) is 5.14. The molecule has 0 aliphatic carbocycles. The molecule has 1 saturated heterocycles. The number of nitrogens with zero attached hydrogens (tertiary/aromatic N) is 1. The van der Waals surface area contributed by atoms with Crippen LogP contribution in [0, 0.1) is 12.8 Å². The minimum atomic E-state index is -3.58. The SMILES string of the molecule is CCOc1ccc(NC(=O)C(C)NC(=O)C2CCN(S(=O)(=O)c3ccc(C)cc3)CC2)cc1. The Hall–Kier alpha value is -2.91. The molecule has 2 N–H and O–H groups in total. The summed E-state index contributed by atoms with van der Waals surface area (Å²) in [6.45, 7) is 6.51. The Morgan fingerprint density at radius 3 is 2.24 bits per heavy atom. The zero-order valence-corrected chi connectivity index (χ0v) is 20.0. The van der Waals surface area contributed by atoms with Gasteiger partial charge in [-0.25, -0.2) is 8.42 Å². The van der Waals surface area contributed by atoms with E-state index in [-0.39, 0.29) is 35.7 Å². The molecule has 1 heterocycles. The normalized spacial score (nSPS) is 16.1. The third-order valence-electron chi connectivity index (χ3n) is 5.67. The van der Waals surface area contributed by atoms with Crippen molar-refractivity contribution in [1.29, 1.82) is 0 Å². The van der Waals surface area contributed by atoms with Gasteiger partial charge in [-0.3, -0.25) is 9.59 Å². The molecule has 0 radical (unpaired) electrons. The highest BCUT2D eigenvalue weighted by atomic mass is 32.2. The van der Waals surface area contributed by atoms with Gasteiger partial charge >= 0.3 is 0 Å². The maximum Gasteiger partial charge on any atom is 0.246 e. The Morgan fingerprint density at radius 1 is 1.06 bits per heavy atom. The van der Waals surface area contributed by atoms with Gasteiger partial charge in [0.15, 0.2) is 0 Å². The lowest BCUT2D eigenvalue weighted by molar-refractivity contribution is -0.129. The predicted octanol–water partition coefficient (Wildman–Crippen LogP) is 2.94. The van der Waals surface area contributed by atoms with E-state index in [2.05, 4.69) is 10.6 Å². The van der Waals surface area contributed by atoms with Crippen LogP contribution < -0.4 is 15.4 Å². The lowest BCUT2D eigenvalue weighted by atomic mass is 9.97. The second-order valence-corrected chi connectivity index (χ2v) is 10.1.